The summed E-state index contributed by atoms with van der Waals surface area (Å²) in [6, 6.07) is 5.12. The summed E-state index contributed by atoms with van der Waals surface area (Å²) in [6.45, 7) is 0. The smallest absolute Gasteiger partial charge is 0.417 e. The van der Waals surface area contributed by atoms with E-state index in [-0.39, 0.29) is 24.3 Å². The van der Waals surface area contributed by atoms with Crippen molar-refractivity contribution in [1.29, 1.82) is 0 Å². The molecule has 0 amide bonds. The Kier molecular flexibility index (Phi) is 7.93. The van der Waals surface area contributed by atoms with Crippen LogP contribution in [0.1, 0.15) is 63.9 Å². The van der Waals surface area contributed by atoms with Gasteiger partial charge in [0.05, 0.1) is 30.9 Å². The normalized spacial score (nSPS) is 16.8. The van der Waals surface area contributed by atoms with E-state index < -0.39 is 58.5 Å². The molecule has 0 aromatic heterocycles. The van der Waals surface area contributed by atoms with E-state index in [9.17, 15) is 40.5 Å². The summed E-state index contributed by atoms with van der Waals surface area (Å²) in [5.41, 5.74) is -10.7. The molecule has 2 aromatic rings. The first-order valence-electron chi connectivity index (χ1n) is 11.0. The van der Waals surface area contributed by atoms with Gasteiger partial charge in [-0.3, -0.25) is 9.59 Å². The highest BCUT2D eigenvalue weighted by atomic mass is 31.2. The maximum atomic E-state index is 14.5. The first-order valence-corrected chi connectivity index (χ1v) is 12.7. The minimum Gasteiger partial charge on any atom is -0.496 e. The second-order valence-corrected chi connectivity index (χ2v) is 11.2. The molecular weight excluding hydrogens is 513 g/mol. The Morgan fingerprint density at radius 3 is 1.58 bits per heavy atom. The number of hydrogen-bond donors (Lipinski definition) is 0. The zero-order valence-corrected chi connectivity index (χ0v) is 20.2. The Morgan fingerprint density at radius 2 is 1.17 bits per heavy atom. The van der Waals surface area contributed by atoms with Crippen molar-refractivity contribution < 1.29 is 50.0 Å². The van der Waals surface area contributed by atoms with E-state index in [0.29, 0.717) is 37.5 Å². The zero-order chi connectivity index (χ0) is 26.9. The van der Waals surface area contributed by atoms with Gasteiger partial charge in [-0.1, -0.05) is 31.4 Å². The van der Waals surface area contributed by atoms with E-state index >= 15 is 0 Å². The average molecular weight is 536 g/mol. The molecule has 1 unspecified atom stereocenters. The van der Waals surface area contributed by atoms with Crippen molar-refractivity contribution in [3.05, 3.63) is 58.7 Å². The van der Waals surface area contributed by atoms with Gasteiger partial charge in [-0.25, -0.2) is 0 Å². The first-order chi connectivity index (χ1) is 16.8. The van der Waals surface area contributed by atoms with Crippen LogP contribution in [0.4, 0.5) is 26.3 Å². The van der Waals surface area contributed by atoms with E-state index in [1.165, 1.54) is 32.4 Å². The number of carbonyl (C=O) groups is 2. The third-order valence-electron chi connectivity index (χ3n) is 6.22. The van der Waals surface area contributed by atoms with Crippen LogP contribution in [0.2, 0.25) is 0 Å². The summed E-state index contributed by atoms with van der Waals surface area (Å²) in [6.07, 6.45) is -9.23. The van der Waals surface area contributed by atoms with Gasteiger partial charge < -0.3 is 14.0 Å². The molecule has 0 bridgehead atoms. The lowest BCUT2D eigenvalue weighted by atomic mass is 10.00. The van der Waals surface area contributed by atoms with Crippen LogP contribution in [0.15, 0.2) is 36.4 Å². The summed E-state index contributed by atoms with van der Waals surface area (Å²) in [5, 5.41) is 0. The lowest BCUT2D eigenvalue weighted by Gasteiger charge is -2.30. The molecule has 0 N–H and O–H groups in total. The van der Waals surface area contributed by atoms with Gasteiger partial charge in [0.15, 0.2) is 0 Å². The molecule has 12 heteroatoms. The van der Waals surface area contributed by atoms with Gasteiger partial charge in [-0.05, 0) is 37.1 Å². The van der Waals surface area contributed by atoms with Crippen molar-refractivity contribution in [3.63, 3.8) is 0 Å². The highest BCUT2D eigenvalue weighted by Gasteiger charge is 2.53. The van der Waals surface area contributed by atoms with Crippen molar-refractivity contribution in [2.45, 2.75) is 50.1 Å². The van der Waals surface area contributed by atoms with Crippen molar-refractivity contribution in [3.8, 4) is 11.5 Å². The van der Waals surface area contributed by atoms with Crippen LogP contribution < -0.4 is 9.47 Å². The number of alkyl halides is 6. The lowest BCUT2D eigenvalue weighted by molar-refractivity contribution is -0.143. The molecule has 3 rings (SSSR count). The summed E-state index contributed by atoms with van der Waals surface area (Å²) in [4.78, 5) is 27.6. The van der Waals surface area contributed by atoms with E-state index in [1.54, 1.807) is 0 Å². The van der Waals surface area contributed by atoms with Gasteiger partial charge in [0.1, 0.15) is 17.1 Å². The van der Waals surface area contributed by atoms with E-state index in [4.69, 9.17) is 9.47 Å². The van der Waals surface area contributed by atoms with Crippen LogP contribution in [-0.4, -0.2) is 30.9 Å². The van der Waals surface area contributed by atoms with E-state index in [1.807, 2.05) is 0 Å². The maximum Gasteiger partial charge on any atom is 0.417 e. The molecule has 36 heavy (non-hydrogen) atoms. The first kappa shape index (κ1) is 27.8. The van der Waals surface area contributed by atoms with Crippen LogP contribution >= 0.6 is 7.14 Å². The summed E-state index contributed by atoms with van der Waals surface area (Å²) < 4.78 is 108. The van der Waals surface area contributed by atoms with Gasteiger partial charge in [-0.15, -0.1) is 0 Å². The van der Waals surface area contributed by atoms with Crippen molar-refractivity contribution in [2.24, 2.45) is 0 Å². The molecule has 1 aliphatic carbocycles. The Bertz CT molecular complexity index is 1140. The predicted molar refractivity (Wildman–Crippen MR) is 119 cm³/mol. The van der Waals surface area contributed by atoms with Gasteiger partial charge >= 0.3 is 12.4 Å². The quantitative estimate of drug-likeness (QED) is 0.272. The number of halogens is 6. The second kappa shape index (κ2) is 10.3. The molecule has 2 aromatic carbocycles. The standard InChI is InChI=1S/C24H23F6O5P/c1-34-17-12-7-13-18(35-2)20(17)22(32)36(33,14-8-4-3-5-9-14)21(31)19-15(23(25,26)27)10-6-11-16(19)24(28,29)30/h6-7,10-14H,3-5,8-9H2,1-2H3. The van der Waals surface area contributed by atoms with Crippen LogP contribution in [-0.2, 0) is 16.9 Å². The van der Waals surface area contributed by atoms with Gasteiger partial charge in [0.2, 0.25) is 18.2 Å². The Balaban J connectivity index is 2.37. The minimum absolute atomic E-state index is 0.0295. The minimum atomic E-state index is -5.38. The second-order valence-electron chi connectivity index (χ2n) is 8.32. The highest BCUT2D eigenvalue weighted by Crippen LogP contribution is 2.63. The van der Waals surface area contributed by atoms with Crippen LogP contribution in [0.25, 0.3) is 0 Å². The molecule has 1 saturated carbocycles. The number of carbonyl (C=O) groups excluding carboxylic acids is 2. The van der Waals surface area contributed by atoms with Crippen LogP contribution in [0, 0.1) is 0 Å². The molecule has 5 nitrogen and oxygen atoms in total. The fourth-order valence-corrected chi connectivity index (χ4v) is 7.58. The van der Waals surface area contributed by atoms with Crippen molar-refractivity contribution >= 4 is 18.2 Å². The number of ether oxygens (including phenoxy) is 2. The Hall–Kier alpha value is -2.81. The summed E-state index contributed by atoms with van der Waals surface area (Å²) >= 11 is 0. The SMILES string of the molecule is COc1cccc(OC)c1C(=O)P(=O)(C(=O)c1c(C(F)(F)F)cccc1C(F)(F)F)C1CCCCC1. The third-order valence-corrected chi connectivity index (χ3v) is 9.42. The molecule has 0 radical (unpaired) electrons. The molecule has 0 spiro atoms. The fourth-order valence-electron chi connectivity index (χ4n) is 4.52. The molecule has 0 heterocycles. The molecule has 0 saturated heterocycles. The predicted octanol–water partition coefficient (Wildman–Crippen LogP) is 7.42. The van der Waals surface area contributed by atoms with Crippen LogP contribution in [0.3, 0.4) is 0 Å². The molecular formula is C24H23F6O5P. The fraction of sp³-hybridized carbons (Fsp3) is 0.417. The topological polar surface area (TPSA) is 69.7 Å². The zero-order valence-electron chi connectivity index (χ0n) is 19.3. The molecule has 196 valence electrons. The Labute approximate surface area is 203 Å². The van der Waals surface area contributed by atoms with Gasteiger partial charge in [-0.2, -0.15) is 26.3 Å². The largest absolute Gasteiger partial charge is 0.496 e. The highest BCUT2D eigenvalue weighted by molar-refractivity contribution is 7.96. The lowest BCUT2D eigenvalue weighted by Crippen LogP contribution is -2.28. The molecule has 1 atom stereocenters. The van der Waals surface area contributed by atoms with E-state index in [2.05, 4.69) is 0 Å². The molecule has 1 fully saturated rings. The van der Waals surface area contributed by atoms with Crippen molar-refractivity contribution in [1.82, 2.24) is 0 Å². The van der Waals surface area contributed by atoms with Gasteiger partial charge in [0.25, 0.3) is 0 Å². The van der Waals surface area contributed by atoms with E-state index in [0.717, 1.165) is 0 Å². The van der Waals surface area contributed by atoms with Gasteiger partial charge in [0, 0.05) is 5.66 Å². The molecule has 1 aliphatic rings. The van der Waals surface area contributed by atoms with Crippen molar-refractivity contribution in [2.75, 3.05) is 14.2 Å². The number of benzene rings is 2. The number of methoxy groups -OCH3 is 2. The monoisotopic (exact) mass is 536 g/mol. The number of rotatable bonds is 7. The average Bonchev–Trinajstić information content (AvgIpc) is 2.85. The summed E-state index contributed by atoms with van der Waals surface area (Å²) in [5.74, 6) is -0.355. The molecule has 0 aliphatic heterocycles. The Morgan fingerprint density at radius 1 is 0.750 bits per heavy atom. The summed E-state index contributed by atoms with van der Waals surface area (Å²) in [7, 11) is -2.80. The van der Waals surface area contributed by atoms with Crippen LogP contribution in [0.5, 0.6) is 11.5 Å². The number of hydrogen-bond acceptors (Lipinski definition) is 5. The third kappa shape index (κ3) is 5.03. The maximum absolute atomic E-state index is 14.5.